The standard InChI is InChI=1S/C20H18ClF3O5S/c1-3-27-18(25)11-30-19(26)12(2)28-14-5-7-15(8-6-14)29-17-9-4-13(10-16(17)21)20(22,23)24/h4-10,12H,3,11H2,1-2H3. The van der Waals surface area contributed by atoms with Crippen LogP contribution >= 0.6 is 23.4 Å². The lowest BCUT2D eigenvalue weighted by molar-refractivity contribution is -0.140. The van der Waals surface area contributed by atoms with Crippen LogP contribution in [0.4, 0.5) is 13.2 Å². The third-order valence-electron chi connectivity index (χ3n) is 3.59. The molecule has 162 valence electrons. The highest BCUT2D eigenvalue weighted by Crippen LogP contribution is 2.36. The molecule has 0 bridgehead atoms. The minimum Gasteiger partial charge on any atom is -0.482 e. The number of rotatable bonds is 8. The van der Waals surface area contributed by atoms with E-state index in [-0.39, 0.29) is 28.2 Å². The van der Waals surface area contributed by atoms with Gasteiger partial charge in [-0.15, -0.1) is 0 Å². The SMILES string of the molecule is CCOC(=O)CSC(=O)C(C)Oc1ccc(Oc2ccc(C(F)(F)F)cc2Cl)cc1. The number of thioether (sulfide) groups is 1. The molecule has 0 saturated carbocycles. The van der Waals surface area contributed by atoms with Gasteiger partial charge in [0.05, 0.1) is 22.9 Å². The van der Waals surface area contributed by atoms with Crippen molar-refractivity contribution in [3.05, 3.63) is 53.1 Å². The average molecular weight is 463 g/mol. The predicted octanol–water partition coefficient (Wildman–Crippen LogP) is 5.74. The van der Waals surface area contributed by atoms with Gasteiger partial charge in [-0.25, -0.2) is 0 Å². The number of hydrogen-bond donors (Lipinski definition) is 0. The van der Waals surface area contributed by atoms with E-state index in [9.17, 15) is 22.8 Å². The quantitative estimate of drug-likeness (QED) is 0.466. The topological polar surface area (TPSA) is 61.8 Å². The molecule has 5 nitrogen and oxygen atoms in total. The fourth-order valence-electron chi connectivity index (χ4n) is 2.18. The fraction of sp³-hybridized carbons (Fsp3) is 0.300. The summed E-state index contributed by atoms with van der Waals surface area (Å²) in [5.74, 6) is 0.183. The van der Waals surface area contributed by atoms with Gasteiger partial charge in [-0.05, 0) is 56.3 Å². The van der Waals surface area contributed by atoms with Gasteiger partial charge in [0.2, 0.25) is 5.12 Å². The minimum atomic E-state index is -4.50. The van der Waals surface area contributed by atoms with Gasteiger partial charge in [-0.1, -0.05) is 23.4 Å². The summed E-state index contributed by atoms with van der Waals surface area (Å²) in [6, 6.07) is 8.91. The van der Waals surface area contributed by atoms with Crippen molar-refractivity contribution in [3.63, 3.8) is 0 Å². The van der Waals surface area contributed by atoms with E-state index in [1.54, 1.807) is 13.8 Å². The van der Waals surface area contributed by atoms with E-state index in [4.69, 9.17) is 25.8 Å². The van der Waals surface area contributed by atoms with Crippen molar-refractivity contribution in [2.24, 2.45) is 0 Å². The first-order chi connectivity index (χ1) is 14.1. The van der Waals surface area contributed by atoms with Gasteiger partial charge >= 0.3 is 12.1 Å². The summed E-state index contributed by atoms with van der Waals surface area (Å²) in [5.41, 5.74) is -0.872. The van der Waals surface area contributed by atoms with Gasteiger partial charge in [0.15, 0.2) is 6.10 Å². The van der Waals surface area contributed by atoms with Crippen molar-refractivity contribution in [1.82, 2.24) is 0 Å². The zero-order valence-corrected chi connectivity index (χ0v) is 17.6. The molecule has 30 heavy (non-hydrogen) atoms. The first-order valence-electron chi connectivity index (χ1n) is 8.73. The molecule has 2 aromatic rings. The van der Waals surface area contributed by atoms with Crippen LogP contribution in [0.2, 0.25) is 5.02 Å². The van der Waals surface area contributed by atoms with Crippen LogP contribution in [0.5, 0.6) is 17.2 Å². The molecular formula is C20H18ClF3O5S. The van der Waals surface area contributed by atoms with E-state index in [2.05, 4.69) is 0 Å². The Kier molecular flexibility index (Phi) is 8.43. The molecule has 2 rings (SSSR count). The van der Waals surface area contributed by atoms with E-state index >= 15 is 0 Å². The van der Waals surface area contributed by atoms with Gasteiger partial charge in [0.25, 0.3) is 0 Å². The summed E-state index contributed by atoms with van der Waals surface area (Å²) >= 11 is 6.67. The first kappa shape index (κ1) is 23.9. The van der Waals surface area contributed by atoms with Gasteiger partial charge in [0.1, 0.15) is 17.2 Å². The molecule has 0 N–H and O–H groups in total. The third-order valence-corrected chi connectivity index (χ3v) is 4.88. The van der Waals surface area contributed by atoms with E-state index in [1.165, 1.54) is 24.3 Å². The Balaban J connectivity index is 1.93. The lowest BCUT2D eigenvalue weighted by Gasteiger charge is -2.14. The molecule has 0 heterocycles. The largest absolute Gasteiger partial charge is 0.482 e. The van der Waals surface area contributed by atoms with E-state index in [0.29, 0.717) is 11.5 Å². The van der Waals surface area contributed by atoms with Crippen molar-refractivity contribution < 1.29 is 37.0 Å². The van der Waals surface area contributed by atoms with E-state index < -0.39 is 23.8 Å². The molecular weight excluding hydrogens is 445 g/mol. The maximum atomic E-state index is 12.7. The number of ether oxygens (including phenoxy) is 3. The van der Waals surface area contributed by atoms with Crippen LogP contribution in [0.15, 0.2) is 42.5 Å². The Morgan fingerprint density at radius 1 is 1.10 bits per heavy atom. The summed E-state index contributed by atoms with van der Waals surface area (Å²) in [6.45, 7) is 3.47. The zero-order valence-electron chi connectivity index (χ0n) is 16.0. The highest BCUT2D eigenvalue weighted by atomic mass is 35.5. The van der Waals surface area contributed by atoms with Crippen molar-refractivity contribution >= 4 is 34.4 Å². The molecule has 10 heteroatoms. The molecule has 0 spiro atoms. The van der Waals surface area contributed by atoms with Crippen molar-refractivity contribution in [1.29, 1.82) is 0 Å². The number of hydrogen-bond acceptors (Lipinski definition) is 6. The van der Waals surface area contributed by atoms with Crippen molar-refractivity contribution in [3.8, 4) is 17.2 Å². The molecule has 2 aromatic carbocycles. The lowest BCUT2D eigenvalue weighted by Crippen LogP contribution is -2.22. The smallest absolute Gasteiger partial charge is 0.416 e. The summed E-state index contributed by atoms with van der Waals surface area (Å²) in [5, 5.41) is -0.511. The summed E-state index contributed by atoms with van der Waals surface area (Å²) in [4.78, 5) is 23.3. The average Bonchev–Trinajstić information content (AvgIpc) is 2.68. The van der Waals surface area contributed by atoms with Crippen molar-refractivity contribution in [2.45, 2.75) is 26.1 Å². The lowest BCUT2D eigenvalue weighted by atomic mass is 10.2. The van der Waals surface area contributed by atoms with Gasteiger partial charge in [0, 0.05) is 0 Å². The number of halogens is 4. The minimum absolute atomic E-state index is 0.0669. The predicted molar refractivity (Wildman–Crippen MR) is 107 cm³/mol. The molecule has 0 radical (unpaired) electrons. The maximum absolute atomic E-state index is 12.7. The highest BCUT2D eigenvalue weighted by molar-refractivity contribution is 8.14. The number of carbonyl (C=O) groups excluding carboxylic acids is 2. The molecule has 0 aromatic heterocycles. The van der Waals surface area contributed by atoms with Crippen LogP contribution < -0.4 is 9.47 Å². The molecule has 1 atom stereocenters. The molecule has 1 unspecified atom stereocenters. The number of alkyl halides is 3. The second kappa shape index (κ2) is 10.6. The van der Waals surface area contributed by atoms with Crippen LogP contribution in [-0.2, 0) is 20.5 Å². The van der Waals surface area contributed by atoms with Crippen LogP contribution in [0.3, 0.4) is 0 Å². The van der Waals surface area contributed by atoms with E-state index in [0.717, 1.165) is 30.0 Å². The molecule has 0 aliphatic carbocycles. The molecule has 0 amide bonds. The Hall–Kier alpha value is -2.39. The van der Waals surface area contributed by atoms with Crippen LogP contribution in [-0.4, -0.2) is 29.5 Å². The Morgan fingerprint density at radius 3 is 2.30 bits per heavy atom. The van der Waals surface area contributed by atoms with Gasteiger partial charge in [-0.2, -0.15) is 13.2 Å². The van der Waals surface area contributed by atoms with Crippen LogP contribution in [0.1, 0.15) is 19.4 Å². The second-order valence-corrected chi connectivity index (χ2v) is 7.28. The number of benzene rings is 2. The Labute approximate surface area is 180 Å². The first-order valence-corrected chi connectivity index (χ1v) is 10.1. The second-order valence-electron chi connectivity index (χ2n) is 5.89. The van der Waals surface area contributed by atoms with E-state index in [1.807, 2.05) is 0 Å². The molecule has 0 fully saturated rings. The summed E-state index contributed by atoms with van der Waals surface area (Å²) < 4.78 is 53.8. The summed E-state index contributed by atoms with van der Waals surface area (Å²) in [6.07, 6.45) is -5.30. The summed E-state index contributed by atoms with van der Waals surface area (Å²) in [7, 11) is 0. The monoisotopic (exact) mass is 462 g/mol. The normalized spacial score (nSPS) is 12.2. The molecule has 0 aliphatic heterocycles. The Bertz CT molecular complexity index is 887. The van der Waals surface area contributed by atoms with Crippen LogP contribution in [0, 0.1) is 0 Å². The third kappa shape index (κ3) is 7.14. The highest BCUT2D eigenvalue weighted by Gasteiger charge is 2.31. The zero-order chi connectivity index (χ0) is 22.3. The van der Waals surface area contributed by atoms with Gasteiger partial charge in [-0.3, -0.25) is 9.59 Å². The fourth-order valence-corrected chi connectivity index (χ4v) is 3.02. The molecule has 0 saturated heterocycles. The maximum Gasteiger partial charge on any atom is 0.416 e. The van der Waals surface area contributed by atoms with Gasteiger partial charge < -0.3 is 14.2 Å². The molecule has 0 aliphatic rings. The number of esters is 1. The van der Waals surface area contributed by atoms with Crippen molar-refractivity contribution in [2.75, 3.05) is 12.4 Å². The number of carbonyl (C=O) groups is 2. The Morgan fingerprint density at radius 2 is 1.73 bits per heavy atom. The van der Waals surface area contributed by atoms with Crippen LogP contribution in [0.25, 0.3) is 0 Å².